The van der Waals surface area contributed by atoms with E-state index in [1.165, 1.54) is 28.2 Å². The minimum absolute atomic E-state index is 0.0289. The van der Waals surface area contributed by atoms with Crippen LogP contribution in [0.3, 0.4) is 0 Å². The molecule has 144 valence electrons. The Kier molecular flexibility index (Phi) is 6.75. The van der Waals surface area contributed by atoms with Crippen LogP contribution in [0, 0.1) is 0 Å². The Bertz CT molecular complexity index is 901. The molecule has 0 radical (unpaired) electrons. The van der Waals surface area contributed by atoms with Gasteiger partial charge in [0.15, 0.2) is 0 Å². The van der Waals surface area contributed by atoms with Crippen molar-refractivity contribution in [1.82, 2.24) is 9.29 Å². The average Bonchev–Trinajstić information content (AvgIpc) is 2.69. The van der Waals surface area contributed by atoms with Crippen LogP contribution >= 0.6 is 23.4 Å². The van der Waals surface area contributed by atoms with E-state index in [2.05, 4.69) is 10.3 Å². The topological polar surface area (TPSA) is 79.4 Å². The highest BCUT2D eigenvalue weighted by molar-refractivity contribution is 7.99. The molecule has 0 saturated carbocycles. The first kappa shape index (κ1) is 20.1. The van der Waals surface area contributed by atoms with Crippen LogP contribution < -0.4 is 5.32 Å². The standard InChI is InChI=1S/C18H20ClN3O3S2/c19-15-8-7-14(21-17(23)13-26-18-6-2-3-9-20-18)12-16(15)27(24,25)22-10-4-1-5-11-22/h2-3,6-9,12H,1,4-5,10-11,13H2,(H,21,23). The summed E-state index contributed by atoms with van der Waals surface area (Å²) >= 11 is 7.45. The number of hydrogen-bond acceptors (Lipinski definition) is 5. The van der Waals surface area contributed by atoms with E-state index in [1.807, 2.05) is 18.2 Å². The van der Waals surface area contributed by atoms with E-state index >= 15 is 0 Å². The van der Waals surface area contributed by atoms with Gasteiger partial charge in [0.25, 0.3) is 0 Å². The van der Waals surface area contributed by atoms with Crippen LogP contribution in [0.4, 0.5) is 5.69 Å². The van der Waals surface area contributed by atoms with Crippen LogP contribution in [0.5, 0.6) is 0 Å². The Balaban J connectivity index is 1.70. The molecule has 9 heteroatoms. The maximum Gasteiger partial charge on any atom is 0.244 e. The fourth-order valence-electron chi connectivity index (χ4n) is 2.79. The van der Waals surface area contributed by atoms with Crippen LogP contribution in [0.15, 0.2) is 52.5 Å². The van der Waals surface area contributed by atoms with Gasteiger partial charge < -0.3 is 5.32 Å². The maximum absolute atomic E-state index is 12.9. The summed E-state index contributed by atoms with van der Waals surface area (Å²) in [5, 5.41) is 3.63. The van der Waals surface area contributed by atoms with Crippen molar-refractivity contribution < 1.29 is 13.2 Å². The number of nitrogens with one attached hydrogen (secondary N) is 1. The van der Waals surface area contributed by atoms with Crippen LogP contribution in [-0.4, -0.2) is 42.5 Å². The van der Waals surface area contributed by atoms with Crippen LogP contribution in [0.25, 0.3) is 0 Å². The molecule has 1 aromatic carbocycles. The first-order valence-corrected chi connectivity index (χ1v) is 11.4. The lowest BCUT2D eigenvalue weighted by atomic mass is 10.2. The first-order chi connectivity index (χ1) is 13.0. The lowest BCUT2D eigenvalue weighted by molar-refractivity contribution is -0.113. The van der Waals surface area contributed by atoms with Gasteiger partial charge in [-0.1, -0.05) is 35.9 Å². The summed E-state index contributed by atoms with van der Waals surface area (Å²) in [5.74, 6) is -0.0669. The van der Waals surface area contributed by atoms with E-state index in [4.69, 9.17) is 11.6 Å². The minimum Gasteiger partial charge on any atom is -0.325 e. The molecule has 1 aromatic heterocycles. The molecule has 2 heterocycles. The van der Waals surface area contributed by atoms with Gasteiger partial charge in [-0.25, -0.2) is 13.4 Å². The second-order valence-electron chi connectivity index (χ2n) is 6.11. The molecule has 27 heavy (non-hydrogen) atoms. The van der Waals surface area contributed by atoms with Gasteiger partial charge in [0.2, 0.25) is 15.9 Å². The number of piperidine rings is 1. The van der Waals surface area contributed by atoms with Gasteiger partial charge in [-0.2, -0.15) is 4.31 Å². The van der Waals surface area contributed by atoms with Gasteiger partial charge in [-0.15, -0.1) is 0 Å². The van der Waals surface area contributed by atoms with Crippen molar-refractivity contribution in [2.24, 2.45) is 0 Å². The fraction of sp³-hybridized carbons (Fsp3) is 0.333. The molecule has 6 nitrogen and oxygen atoms in total. The highest BCUT2D eigenvalue weighted by Crippen LogP contribution is 2.29. The summed E-state index contributed by atoms with van der Waals surface area (Å²) in [6, 6.07) is 10.0. The number of anilines is 1. The molecule has 0 unspecified atom stereocenters. The zero-order valence-electron chi connectivity index (χ0n) is 14.6. The molecule has 0 atom stereocenters. The second-order valence-corrected chi connectivity index (χ2v) is 9.42. The summed E-state index contributed by atoms with van der Waals surface area (Å²) in [6.07, 6.45) is 4.39. The van der Waals surface area contributed by atoms with E-state index in [0.717, 1.165) is 24.3 Å². The Morgan fingerprint density at radius 1 is 1.19 bits per heavy atom. The lowest BCUT2D eigenvalue weighted by Gasteiger charge is -2.26. The van der Waals surface area contributed by atoms with Gasteiger partial charge in [0.1, 0.15) is 4.90 Å². The van der Waals surface area contributed by atoms with Crippen molar-refractivity contribution in [3.05, 3.63) is 47.6 Å². The third-order valence-corrected chi connectivity index (χ3v) is 7.46. The number of amides is 1. The number of rotatable bonds is 6. The third-order valence-electron chi connectivity index (χ3n) is 4.14. The van der Waals surface area contributed by atoms with Gasteiger partial charge >= 0.3 is 0 Å². The minimum atomic E-state index is -3.67. The number of thioether (sulfide) groups is 1. The molecular weight excluding hydrogens is 406 g/mol. The Morgan fingerprint density at radius 2 is 1.96 bits per heavy atom. The van der Waals surface area contributed by atoms with Crippen LogP contribution in [-0.2, 0) is 14.8 Å². The summed E-state index contributed by atoms with van der Waals surface area (Å²) < 4.78 is 27.2. The predicted octanol–water partition coefficient (Wildman–Crippen LogP) is 3.64. The highest BCUT2D eigenvalue weighted by atomic mass is 35.5. The molecule has 1 amide bonds. The van der Waals surface area contributed by atoms with Gasteiger partial charge in [0.05, 0.1) is 15.8 Å². The smallest absolute Gasteiger partial charge is 0.244 e. The number of sulfonamides is 1. The van der Waals surface area contributed by atoms with Crippen molar-refractivity contribution in [3.63, 3.8) is 0 Å². The molecule has 1 aliphatic heterocycles. The number of pyridine rings is 1. The first-order valence-electron chi connectivity index (χ1n) is 8.60. The molecule has 1 aliphatic rings. The molecule has 1 N–H and O–H groups in total. The Labute approximate surface area is 168 Å². The van der Waals surface area contributed by atoms with Gasteiger partial charge in [-0.3, -0.25) is 4.79 Å². The van der Waals surface area contributed by atoms with E-state index in [1.54, 1.807) is 12.3 Å². The van der Waals surface area contributed by atoms with E-state index < -0.39 is 10.0 Å². The Hall–Kier alpha value is -1.61. The van der Waals surface area contributed by atoms with E-state index in [9.17, 15) is 13.2 Å². The molecule has 0 aliphatic carbocycles. The summed E-state index contributed by atoms with van der Waals surface area (Å²) in [4.78, 5) is 16.4. The normalized spacial score (nSPS) is 15.4. The number of halogens is 1. The van der Waals surface area contributed by atoms with Crippen molar-refractivity contribution in [1.29, 1.82) is 0 Å². The van der Waals surface area contributed by atoms with Gasteiger partial charge in [-0.05, 0) is 43.2 Å². The number of carbonyl (C=O) groups excluding carboxylic acids is 1. The monoisotopic (exact) mass is 425 g/mol. The second kappa shape index (κ2) is 9.05. The van der Waals surface area contributed by atoms with Crippen LogP contribution in [0.2, 0.25) is 5.02 Å². The quantitative estimate of drug-likeness (QED) is 0.714. The fourth-order valence-corrected chi connectivity index (χ4v) is 5.47. The predicted molar refractivity (Wildman–Crippen MR) is 108 cm³/mol. The van der Waals surface area contributed by atoms with E-state index in [-0.39, 0.29) is 21.6 Å². The highest BCUT2D eigenvalue weighted by Gasteiger charge is 2.28. The largest absolute Gasteiger partial charge is 0.325 e. The zero-order valence-corrected chi connectivity index (χ0v) is 17.0. The van der Waals surface area contributed by atoms with Gasteiger partial charge in [0, 0.05) is 25.0 Å². The number of hydrogen-bond donors (Lipinski definition) is 1. The molecule has 2 aromatic rings. The third kappa shape index (κ3) is 5.22. The molecule has 0 bridgehead atoms. The van der Waals surface area contributed by atoms with Crippen molar-refractivity contribution in [2.45, 2.75) is 29.2 Å². The maximum atomic E-state index is 12.9. The summed E-state index contributed by atoms with van der Waals surface area (Å²) in [6.45, 7) is 0.992. The van der Waals surface area contributed by atoms with Crippen LogP contribution in [0.1, 0.15) is 19.3 Å². The molecule has 1 fully saturated rings. The number of benzene rings is 1. The number of aromatic nitrogens is 1. The molecular formula is C18H20ClN3O3S2. The average molecular weight is 426 g/mol. The van der Waals surface area contributed by atoms with Crippen molar-refractivity contribution in [2.75, 3.05) is 24.2 Å². The molecule has 0 spiro atoms. The lowest BCUT2D eigenvalue weighted by Crippen LogP contribution is -2.35. The molecule has 3 rings (SSSR count). The van der Waals surface area contributed by atoms with E-state index in [0.29, 0.717) is 18.8 Å². The molecule has 1 saturated heterocycles. The zero-order chi connectivity index (χ0) is 19.3. The summed E-state index contributed by atoms with van der Waals surface area (Å²) in [5.41, 5.74) is 0.404. The number of nitrogens with zero attached hydrogens (tertiary/aromatic N) is 2. The van der Waals surface area contributed by atoms with Crippen molar-refractivity contribution >= 4 is 45.0 Å². The summed E-state index contributed by atoms with van der Waals surface area (Å²) in [7, 11) is -3.67. The SMILES string of the molecule is O=C(CSc1ccccn1)Nc1ccc(Cl)c(S(=O)(=O)N2CCCCC2)c1. The number of carbonyl (C=O) groups is 1. The van der Waals surface area contributed by atoms with Crippen molar-refractivity contribution in [3.8, 4) is 0 Å². The Morgan fingerprint density at radius 3 is 2.67 bits per heavy atom.